The van der Waals surface area contributed by atoms with Crippen molar-refractivity contribution in [2.24, 2.45) is 0 Å². The van der Waals surface area contributed by atoms with Gasteiger partial charge in [-0.15, -0.1) is 0 Å². The van der Waals surface area contributed by atoms with Gasteiger partial charge >= 0.3 is 5.97 Å². The highest BCUT2D eigenvalue weighted by molar-refractivity contribution is 6.55. The van der Waals surface area contributed by atoms with E-state index in [0.29, 0.717) is 11.1 Å². The number of nitrogens with zero attached hydrogens (tertiary/aromatic N) is 1. The molecule has 0 aromatic heterocycles. The molecule has 0 heterocycles. The van der Waals surface area contributed by atoms with E-state index < -0.39 is 0 Å². The van der Waals surface area contributed by atoms with Crippen molar-refractivity contribution < 1.29 is 9.53 Å². The molecule has 0 fully saturated rings. The second-order valence-corrected chi connectivity index (χ2v) is 3.61. The topological polar surface area (TPSA) is 50.1 Å². The highest BCUT2D eigenvalue weighted by Gasteiger charge is 1.95. The smallest absolute Gasteiger partial charge is 0.332 e. The van der Waals surface area contributed by atoms with Crippen LogP contribution in [-0.2, 0) is 9.53 Å². The van der Waals surface area contributed by atoms with E-state index in [1.807, 2.05) is 6.07 Å². The van der Waals surface area contributed by atoms with Crippen LogP contribution in [0.4, 0.5) is 0 Å². The fourth-order valence-corrected chi connectivity index (χ4v) is 0.174. The van der Waals surface area contributed by atoms with Crippen LogP contribution < -0.4 is 0 Å². The first-order valence-corrected chi connectivity index (χ1v) is 4.73. The van der Waals surface area contributed by atoms with Gasteiger partial charge in [-0.2, -0.15) is 5.26 Å². The van der Waals surface area contributed by atoms with Crippen LogP contribution in [0, 0.1) is 11.3 Å². The van der Waals surface area contributed by atoms with E-state index in [1.54, 1.807) is 13.8 Å². The van der Waals surface area contributed by atoms with E-state index in [4.69, 9.17) is 28.5 Å². The average Bonchev–Trinajstić information content (AvgIpc) is 2.16. The van der Waals surface area contributed by atoms with Gasteiger partial charge in [-0.05, 0) is 13.8 Å². The molecule has 0 radical (unpaired) electrons. The number of carbonyl (C=O) groups is 1. The lowest BCUT2D eigenvalue weighted by Crippen LogP contribution is -1.98. The predicted molar refractivity (Wildman–Crippen MR) is 68.1 cm³/mol. The molecule has 0 aromatic carbocycles. The van der Waals surface area contributed by atoms with Gasteiger partial charge in [0.2, 0.25) is 0 Å². The minimum absolute atomic E-state index is 0.111. The summed E-state index contributed by atoms with van der Waals surface area (Å²) in [6.07, 6.45) is 0. The molecule has 0 atom stereocenters. The molecule has 16 heavy (non-hydrogen) atoms. The molecular weight excluding hydrogens is 249 g/mol. The first-order chi connectivity index (χ1) is 7.18. The van der Waals surface area contributed by atoms with E-state index in [1.165, 1.54) is 7.11 Å². The molecule has 90 valence electrons. The summed E-state index contributed by atoms with van der Waals surface area (Å²) in [5.74, 6) is -0.347. The molecule has 0 aliphatic rings. The zero-order valence-corrected chi connectivity index (χ0v) is 11.2. The standard InChI is InChI=1S/C5H8O2.C4H5N.C2H2Cl2/c1-4(2)5(6)7-3;1-4(2)3-5;1-2(3)4/h1H2,2-3H3;1H2,2H3;1H2. The first-order valence-electron chi connectivity index (χ1n) is 3.98. The number of nitriles is 1. The summed E-state index contributed by atoms with van der Waals surface area (Å²) >= 11 is 9.69. The lowest BCUT2D eigenvalue weighted by Gasteiger charge is -1.91. The van der Waals surface area contributed by atoms with Crippen LogP contribution in [-0.4, -0.2) is 13.1 Å². The minimum Gasteiger partial charge on any atom is -0.466 e. The van der Waals surface area contributed by atoms with E-state index in [9.17, 15) is 4.79 Å². The Hall–Kier alpha value is -1.24. The van der Waals surface area contributed by atoms with Gasteiger partial charge in [-0.3, -0.25) is 0 Å². The fraction of sp³-hybridized carbons (Fsp3) is 0.273. The molecule has 0 amide bonds. The molecule has 5 heteroatoms. The van der Waals surface area contributed by atoms with Crippen molar-refractivity contribution in [2.45, 2.75) is 13.8 Å². The quantitative estimate of drug-likeness (QED) is 0.411. The largest absolute Gasteiger partial charge is 0.466 e. The number of hydrogen-bond donors (Lipinski definition) is 0. The monoisotopic (exact) mass is 263 g/mol. The van der Waals surface area contributed by atoms with Crippen LogP contribution in [0.15, 0.2) is 35.4 Å². The van der Waals surface area contributed by atoms with E-state index in [0.717, 1.165) is 0 Å². The van der Waals surface area contributed by atoms with Gasteiger partial charge in [-0.25, -0.2) is 4.79 Å². The Labute approximate surface area is 107 Å². The van der Waals surface area contributed by atoms with Gasteiger partial charge in [0.1, 0.15) is 0 Å². The Morgan fingerprint density at radius 2 is 1.50 bits per heavy atom. The molecule has 0 aliphatic heterocycles. The van der Waals surface area contributed by atoms with Gasteiger partial charge in [0.15, 0.2) is 0 Å². The summed E-state index contributed by atoms with van der Waals surface area (Å²) in [4.78, 5) is 10.2. The number of hydrogen-bond acceptors (Lipinski definition) is 3. The van der Waals surface area contributed by atoms with Gasteiger partial charge in [-0.1, -0.05) is 42.9 Å². The Balaban J connectivity index is -0.000000166. The number of methoxy groups -OCH3 is 1. The van der Waals surface area contributed by atoms with Crippen LogP contribution in [0.5, 0.6) is 0 Å². The Bertz CT molecular complexity index is 300. The van der Waals surface area contributed by atoms with Gasteiger partial charge in [0.05, 0.1) is 17.7 Å². The maximum atomic E-state index is 10.2. The molecule has 0 saturated carbocycles. The Morgan fingerprint density at radius 1 is 1.25 bits per heavy atom. The van der Waals surface area contributed by atoms with Crippen LogP contribution in [0.25, 0.3) is 0 Å². The molecule has 0 saturated heterocycles. The third kappa shape index (κ3) is 38.6. The second-order valence-electron chi connectivity index (χ2n) is 2.50. The van der Waals surface area contributed by atoms with Gasteiger partial charge in [0.25, 0.3) is 0 Å². The van der Waals surface area contributed by atoms with E-state index >= 15 is 0 Å². The number of allylic oxidation sites excluding steroid dienone is 1. The van der Waals surface area contributed by atoms with Crippen LogP contribution >= 0.6 is 23.2 Å². The molecule has 0 unspecified atom stereocenters. The lowest BCUT2D eigenvalue weighted by atomic mass is 10.4. The highest BCUT2D eigenvalue weighted by Crippen LogP contribution is 1.98. The molecule has 0 bridgehead atoms. The molecule has 0 spiro atoms. The summed E-state index contributed by atoms with van der Waals surface area (Å²) < 4.78 is 4.38. The Morgan fingerprint density at radius 3 is 1.50 bits per heavy atom. The normalized spacial score (nSPS) is 6.75. The number of ether oxygens (including phenoxy) is 1. The van der Waals surface area contributed by atoms with Crippen molar-refractivity contribution >= 4 is 29.2 Å². The van der Waals surface area contributed by atoms with Crippen LogP contribution in [0.1, 0.15) is 13.8 Å². The molecule has 0 aliphatic carbocycles. The van der Waals surface area contributed by atoms with Crippen molar-refractivity contribution in [3.8, 4) is 6.07 Å². The zero-order chi connectivity index (χ0) is 13.7. The van der Waals surface area contributed by atoms with Crippen molar-refractivity contribution in [1.82, 2.24) is 0 Å². The second kappa shape index (κ2) is 13.8. The van der Waals surface area contributed by atoms with E-state index in [2.05, 4.69) is 24.5 Å². The third-order valence-corrected chi connectivity index (χ3v) is 0.725. The molecule has 0 aromatic rings. The van der Waals surface area contributed by atoms with Crippen LogP contribution in [0.3, 0.4) is 0 Å². The van der Waals surface area contributed by atoms with Gasteiger partial charge in [0, 0.05) is 11.1 Å². The minimum atomic E-state index is -0.347. The SMILES string of the molecule is C=C(C)C#N.C=C(C)C(=O)OC.C=C(Cl)Cl. The van der Waals surface area contributed by atoms with Crippen molar-refractivity contribution in [1.29, 1.82) is 5.26 Å². The number of halogens is 2. The van der Waals surface area contributed by atoms with Crippen molar-refractivity contribution in [3.63, 3.8) is 0 Å². The highest BCUT2D eigenvalue weighted by atomic mass is 35.5. The summed E-state index contributed by atoms with van der Waals surface area (Å²) in [6.45, 7) is 13.0. The lowest BCUT2D eigenvalue weighted by molar-refractivity contribution is -0.136. The molecule has 3 nitrogen and oxygen atoms in total. The van der Waals surface area contributed by atoms with Crippen LogP contribution in [0.2, 0.25) is 0 Å². The predicted octanol–water partition coefficient (Wildman–Crippen LogP) is 3.76. The summed E-state index contributed by atoms with van der Waals surface area (Å²) in [6, 6.07) is 1.83. The molecule has 0 rings (SSSR count). The number of rotatable bonds is 1. The van der Waals surface area contributed by atoms with Gasteiger partial charge < -0.3 is 4.74 Å². The average molecular weight is 264 g/mol. The fourth-order valence-electron chi connectivity index (χ4n) is 0.174. The Kier molecular flexibility index (Phi) is 17.4. The number of carbonyl (C=O) groups excluding carboxylic acids is 1. The first kappa shape index (κ1) is 20.2. The summed E-state index contributed by atoms with van der Waals surface area (Å²) in [7, 11) is 1.33. The summed E-state index contributed by atoms with van der Waals surface area (Å²) in [5.41, 5.74) is 0.993. The van der Waals surface area contributed by atoms with Crippen molar-refractivity contribution in [2.75, 3.05) is 7.11 Å². The van der Waals surface area contributed by atoms with Crippen molar-refractivity contribution in [3.05, 3.63) is 35.4 Å². The third-order valence-electron chi connectivity index (χ3n) is 0.725. The summed E-state index contributed by atoms with van der Waals surface area (Å²) in [5, 5.41) is 7.79. The number of esters is 1. The molecule has 0 N–H and O–H groups in total. The maximum absolute atomic E-state index is 10.2. The zero-order valence-electron chi connectivity index (χ0n) is 9.64. The van der Waals surface area contributed by atoms with E-state index in [-0.39, 0.29) is 10.5 Å². The maximum Gasteiger partial charge on any atom is 0.332 e. The molecular formula is C11H15Cl2NO2.